The van der Waals surface area contributed by atoms with Crippen LogP contribution in [0.3, 0.4) is 0 Å². The summed E-state index contributed by atoms with van der Waals surface area (Å²) in [6, 6.07) is 3.24. The van der Waals surface area contributed by atoms with Gasteiger partial charge in [0.15, 0.2) is 0 Å². The minimum absolute atomic E-state index is 0.0863. The second kappa shape index (κ2) is 5.81. The Morgan fingerprint density at radius 2 is 2.06 bits per heavy atom. The van der Waals surface area contributed by atoms with Crippen LogP contribution in [0.5, 0.6) is 5.75 Å². The van der Waals surface area contributed by atoms with Gasteiger partial charge in [-0.2, -0.15) is 0 Å². The fraction of sp³-hybridized carbons (Fsp3) is 0.400. The number of nitro groups is 1. The van der Waals surface area contributed by atoms with Crippen molar-refractivity contribution in [3.63, 3.8) is 0 Å². The molecule has 0 amide bonds. The molecule has 2 unspecified atom stereocenters. The number of phenols is 1. The number of rotatable bonds is 5. The van der Waals surface area contributed by atoms with Gasteiger partial charge in [0.05, 0.1) is 11.0 Å². The molecule has 0 spiro atoms. The van der Waals surface area contributed by atoms with Crippen molar-refractivity contribution in [3.05, 3.63) is 33.9 Å². The van der Waals surface area contributed by atoms with Crippen LogP contribution in [-0.2, 0) is 0 Å². The minimum Gasteiger partial charge on any atom is -0.508 e. The normalized spacial score (nSPS) is 14.3. The predicted octanol–water partition coefficient (Wildman–Crippen LogP) is 1.32. The molecule has 0 bridgehead atoms. The zero-order chi connectivity index (χ0) is 13.0. The first-order valence-electron chi connectivity index (χ1n) is 4.86. The number of halogens is 1. The molecular weight excluding hydrogens is 250 g/mol. The van der Waals surface area contributed by atoms with Gasteiger partial charge in [-0.15, -0.1) is 11.6 Å². The van der Waals surface area contributed by atoms with Crippen LogP contribution in [0.4, 0.5) is 5.69 Å². The van der Waals surface area contributed by atoms with E-state index >= 15 is 0 Å². The molecule has 7 heteroatoms. The largest absolute Gasteiger partial charge is 0.508 e. The second-order valence-corrected chi connectivity index (χ2v) is 3.87. The summed E-state index contributed by atoms with van der Waals surface area (Å²) in [5.41, 5.74) is -0.355. The minimum atomic E-state index is -1.41. The van der Waals surface area contributed by atoms with E-state index in [-0.39, 0.29) is 29.3 Å². The summed E-state index contributed by atoms with van der Waals surface area (Å²) >= 11 is 5.41. The maximum atomic E-state index is 10.5. The summed E-state index contributed by atoms with van der Waals surface area (Å²) in [7, 11) is 0. The number of benzene rings is 1. The van der Waals surface area contributed by atoms with E-state index in [1.165, 1.54) is 0 Å². The van der Waals surface area contributed by atoms with Gasteiger partial charge in [0, 0.05) is 23.6 Å². The first-order chi connectivity index (χ1) is 7.97. The van der Waals surface area contributed by atoms with Gasteiger partial charge in [-0.05, 0) is 12.5 Å². The van der Waals surface area contributed by atoms with Gasteiger partial charge in [0.1, 0.15) is 11.9 Å². The highest BCUT2D eigenvalue weighted by molar-refractivity contribution is 6.17. The molecule has 0 saturated heterocycles. The molecule has 94 valence electrons. The van der Waals surface area contributed by atoms with Crippen molar-refractivity contribution in [2.45, 2.75) is 18.6 Å². The van der Waals surface area contributed by atoms with E-state index in [0.29, 0.717) is 0 Å². The number of alkyl halides is 1. The van der Waals surface area contributed by atoms with Crippen LogP contribution in [0, 0.1) is 10.1 Å². The van der Waals surface area contributed by atoms with Crippen molar-refractivity contribution in [3.8, 4) is 5.75 Å². The number of hydrogen-bond donors (Lipinski definition) is 3. The van der Waals surface area contributed by atoms with E-state index < -0.39 is 17.1 Å². The zero-order valence-corrected chi connectivity index (χ0v) is 9.54. The number of aromatic hydroxyl groups is 1. The molecule has 6 nitrogen and oxygen atoms in total. The molecule has 2 atom stereocenters. The Balaban J connectivity index is 3.03. The van der Waals surface area contributed by atoms with Crippen molar-refractivity contribution in [2.24, 2.45) is 0 Å². The molecule has 3 N–H and O–H groups in total. The fourth-order valence-corrected chi connectivity index (χ4v) is 1.59. The average molecular weight is 262 g/mol. The van der Waals surface area contributed by atoms with Crippen molar-refractivity contribution in [1.82, 2.24) is 0 Å². The van der Waals surface area contributed by atoms with Gasteiger partial charge in [0.25, 0.3) is 5.69 Å². The number of nitro benzene ring substituents is 1. The first-order valence-corrected chi connectivity index (χ1v) is 5.40. The molecular formula is C10H12ClNO5. The van der Waals surface area contributed by atoms with Crippen LogP contribution in [0.25, 0.3) is 0 Å². The Morgan fingerprint density at radius 1 is 1.41 bits per heavy atom. The van der Waals surface area contributed by atoms with Crippen LogP contribution in [0.1, 0.15) is 18.1 Å². The summed E-state index contributed by atoms with van der Waals surface area (Å²) in [5, 5.41) is 39.2. The van der Waals surface area contributed by atoms with Crippen molar-refractivity contribution in [1.29, 1.82) is 0 Å². The maximum absolute atomic E-state index is 10.5. The monoisotopic (exact) mass is 261 g/mol. The number of aliphatic hydroxyl groups excluding tert-OH is 2. The highest BCUT2D eigenvalue weighted by Gasteiger charge is 2.23. The van der Waals surface area contributed by atoms with E-state index in [2.05, 4.69) is 0 Å². The molecule has 17 heavy (non-hydrogen) atoms. The Hall–Kier alpha value is -1.37. The lowest BCUT2D eigenvalue weighted by molar-refractivity contribution is -0.385. The molecule has 0 fully saturated rings. The van der Waals surface area contributed by atoms with Crippen molar-refractivity contribution >= 4 is 17.3 Å². The highest BCUT2D eigenvalue weighted by Crippen LogP contribution is 2.30. The fourth-order valence-electron chi connectivity index (χ4n) is 1.37. The number of phenolic OH excluding ortho intramolecular Hbond substituents is 1. The average Bonchev–Trinajstić information content (AvgIpc) is 2.28. The Kier molecular flexibility index (Phi) is 4.68. The summed E-state index contributed by atoms with van der Waals surface area (Å²) < 4.78 is 0. The Bertz CT molecular complexity index is 412. The van der Waals surface area contributed by atoms with Crippen LogP contribution in [0.2, 0.25) is 0 Å². The van der Waals surface area contributed by atoms with Gasteiger partial charge >= 0.3 is 0 Å². The van der Waals surface area contributed by atoms with Crippen molar-refractivity contribution in [2.75, 3.05) is 5.88 Å². The quantitative estimate of drug-likeness (QED) is 0.421. The van der Waals surface area contributed by atoms with Gasteiger partial charge in [-0.1, -0.05) is 0 Å². The lowest BCUT2D eigenvalue weighted by Gasteiger charge is -2.17. The number of aliphatic hydroxyl groups is 2. The van der Waals surface area contributed by atoms with Crippen LogP contribution < -0.4 is 0 Å². The highest BCUT2D eigenvalue weighted by atomic mass is 35.5. The summed E-state index contributed by atoms with van der Waals surface area (Å²) in [6.45, 7) is 0. The molecule has 1 rings (SSSR count). The Morgan fingerprint density at radius 3 is 2.59 bits per heavy atom. The summed E-state index contributed by atoms with van der Waals surface area (Å²) in [5.74, 6) is -0.176. The SMILES string of the molecule is O=[N+]([O-])c1ccc(O)c(C(O)C(O)CCCl)c1. The van der Waals surface area contributed by atoms with Crippen LogP contribution in [-0.4, -0.2) is 32.2 Å². The number of nitrogens with zero attached hydrogens (tertiary/aromatic N) is 1. The number of hydrogen-bond acceptors (Lipinski definition) is 5. The van der Waals surface area contributed by atoms with Gasteiger partial charge in [-0.3, -0.25) is 10.1 Å². The number of non-ortho nitro benzene ring substituents is 1. The molecule has 0 aliphatic carbocycles. The molecule has 1 aromatic carbocycles. The molecule has 0 saturated carbocycles. The van der Waals surface area contributed by atoms with Crippen molar-refractivity contribution < 1.29 is 20.2 Å². The van der Waals surface area contributed by atoms with Gasteiger partial charge < -0.3 is 15.3 Å². The third-order valence-electron chi connectivity index (χ3n) is 2.31. The van der Waals surface area contributed by atoms with E-state index in [0.717, 1.165) is 18.2 Å². The first kappa shape index (κ1) is 13.7. The van der Waals surface area contributed by atoms with E-state index in [1.54, 1.807) is 0 Å². The van der Waals surface area contributed by atoms with Gasteiger partial charge in [0.2, 0.25) is 0 Å². The van der Waals surface area contributed by atoms with Crippen LogP contribution >= 0.6 is 11.6 Å². The molecule has 0 aliphatic heterocycles. The topological polar surface area (TPSA) is 104 Å². The maximum Gasteiger partial charge on any atom is 0.270 e. The zero-order valence-electron chi connectivity index (χ0n) is 8.78. The molecule has 0 aliphatic rings. The van der Waals surface area contributed by atoms with E-state index in [4.69, 9.17) is 11.6 Å². The predicted molar refractivity (Wildman–Crippen MR) is 61.1 cm³/mol. The molecule has 1 aromatic rings. The lowest BCUT2D eigenvalue weighted by atomic mass is 10.0. The summed E-state index contributed by atoms with van der Waals surface area (Å²) in [6.07, 6.45) is -2.47. The smallest absolute Gasteiger partial charge is 0.270 e. The Labute approximate surface area is 102 Å². The lowest BCUT2D eigenvalue weighted by Crippen LogP contribution is -2.18. The third-order valence-corrected chi connectivity index (χ3v) is 2.53. The second-order valence-electron chi connectivity index (χ2n) is 3.49. The van der Waals surface area contributed by atoms with Crippen LogP contribution in [0.15, 0.2) is 18.2 Å². The van der Waals surface area contributed by atoms with Gasteiger partial charge in [-0.25, -0.2) is 0 Å². The van der Waals surface area contributed by atoms with E-state index in [9.17, 15) is 25.4 Å². The molecule has 0 heterocycles. The molecule has 0 aromatic heterocycles. The molecule has 0 radical (unpaired) electrons. The standard InChI is InChI=1S/C10H12ClNO5/c11-4-3-9(14)10(15)7-5-6(12(16)17)1-2-8(7)13/h1-2,5,9-10,13-15H,3-4H2. The summed E-state index contributed by atoms with van der Waals surface area (Å²) in [4.78, 5) is 9.89. The third kappa shape index (κ3) is 3.29. The van der Waals surface area contributed by atoms with E-state index in [1.807, 2.05) is 0 Å².